The van der Waals surface area contributed by atoms with E-state index in [0.717, 1.165) is 40.6 Å². The largest absolute Gasteiger partial charge is 0.325 e. The number of hydrogen-bond acceptors (Lipinski definition) is 3. The Morgan fingerprint density at radius 3 is 2.30 bits per heavy atom. The summed E-state index contributed by atoms with van der Waals surface area (Å²) in [6.07, 6.45) is 3.61. The summed E-state index contributed by atoms with van der Waals surface area (Å²) in [5, 5.41) is 2.99. The third-order valence-corrected chi connectivity index (χ3v) is 6.16. The minimum atomic E-state index is -0.559. The molecule has 0 atom stereocenters. The Morgan fingerprint density at radius 2 is 1.63 bits per heavy atom. The molecule has 3 amide bonds. The van der Waals surface area contributed by atoms with E-state index < -0.39 is 5.41 Å². The van der Waals surface area contributed by atoms with E-state index >= 15 is 0 Å². The van der Waals surface area contributed by atoms with Gasteiger partial charge in [0.1, 0.15) is 0 Å². The van der Waals surface area contributed by atoms with Gasteiger partial charge >= 0.3 is 0 Å². The van der Waals surface area contributed by atoms with Crippen LogP contribution in [-0.2, 0) is 10.2 Å². The molecule has 1 aliphatic carbocycles. The molecule has 5 nitrogen and oxygen atoms in total. The first-order chi connectivity index (χ1) is 12.9. The van der Waals surface area contributed by atoms with E-state index in [1.165, 1.54) is 7.05 Å². The fraction of sp³-hybridized carbons (Fsp3) is 0.286. The van der Waals surface area contributed by atoms with Crippen LogP contribution in [0.5, 0.6) is 0 Å². The van der Waals surface area contributed by atoms with Gasteiger partial charge in [0.15, 0.2) is 0 Å². The molecule has 1 N–H and O–H groups in total. The maximum absolute atomic E-state index is 13.2. The lowest BCUT2D eigenvalue weighted by Gasteiger charge is -2.28. The van der Waals surface area contributed by atoms with Crippen molar-refractivity contribution in [1.29, 1.82) is 0 Å². The first kappa shape index (κ1) is 17.9. The Balaban J connectivity index is 1.64. The van der Waals surface area contributed by atoms with E-state index in [4.69, 9.17) is 0 Å². The highest BCUT2D eigenvalue weighted by atomic mass is 79.9. The number of halogens is 1. The molecule has 1 fully saturated rings. The topological polar surface area (TPSA) is 66.5 Å². The molecule has 6 heteroatoms. The van der Waals surface area contributed by atoms with Crippen LogP contribution in [0.4, 0.5) is 5.69 Å². The van der Waals surface area contributed by atoms with E-state index in [2.05, 4.69) is 21.2 Å². The maximum Gasteiger partial charge on any atom is 0.261 e. The average molecular weight is 427 g/mol. The lowest BCUT2D eigenvalue weighted by Crippen LogP contribution is -2.38. The van der Waals surface area contributed by atoms with Crippen molar-refractivity contribution in [3.63, 3.8) is 0 Å². The number of nitrogens with one attached hydrogen (secondary N) is 1. The second kappa shape index (κ2) is 6.60. The molecule has 1 saturated carbocycles. The highest BCUT2D eigenvalue weighted by molar-refractivity contribution is 9.10. The van der Waals surface area contributed by atoms with E-state index in [-0.39, 0.29) is 17.7 Å². The number of anilines is 1. The van der Waals surface area contributed by atoms with Crippen LogP contribution in [0.2, 0.25) is 0 Å². The van der Waals surface area contributed by atoms with Crippen molar-refractivity contribution in [2.45, 2.75) is 31.1 Å². The van der Waals surface area contributed by atoms with Gasteiger partial charge < -0.3 is 5.32 Å². The number of carbonyl (C=O) groups is 3. The van der Waals surface area contributed by atoms with E-state index in [0.29, 0.717) is 16.8 Å². The second-order valence-electron chi connectivity index (χ2n) is 7.18. The van der Waals surface area contributed by atoms with Crippen LogP contribution in [0.3, 0.4) is 0 Å². The molecule has 0 aromatic heterocycles. The highest BCUT2D eigenvalue weighted by Crippen LogP contribution is 2.42. The zero-order valence-corrected chi connectivity index (χ0v) is 16.5. The molecule has 4 rings (SSSR count). The van der Waals surface area contributed by atoms with Crippen molar-refractivity contribution in [3.05, 3.63) is 63.6 Å². The van der Waals surface area contributed by atoms with Crippen molar-refractivity contribution in [3.8, 4) is 0 Å². The first-order valence-electron chi connectivity index (χ1n) is 8.96. The number of benzene rings is 2. The number of rotatable bonds is 3. The summed E-state index contributed by atoms with van der Waals surface area (Å²) in [7, 11) is 1.46. The number of amides is 3. The van der Waals surface area contributed by atoms with Gasteiger partial charge in [-0.15, -0.1) is 0 Å². The van der Waals surface area contributed by atoms with Crippen LogP contribution in [0, 0.1) is 0 Å². The van der Waals surface area contributed by atoms with Crippen LogP contribution in [0.1, 0.15) is 52.0 Å². The molecule has 0 spiro atoms. The van der Waals surface area contributed by atoms with E-state index in [1.54, 1.807) is 18.2 Å². The molecule has 27 heavy (non-hydrogen) atoms. The van der Waals surface area contributed by atoms with Crippen molar-refractivity contribution >= 4 is 39.3 Å². The van der Waals surface area contributed by atoms with E-state index in [1.807, 2.05) is 24.3 Å². The molecular formula is C21H19BrN2O3. The SMILES string of the molecule is CN1C(=O)c2ccc(NC(=O)C3(c4ccc(Br)cc4)CCCC3)cc2C1=O. The van der Waals surface area contributed by atoms with Crippen molar-refractivity contribution in [2.75, 3.05) is 12.4 Å². The summed E-state index contributed by atoms with van der Waals surface area (Å²) in [4.78, 5) is 38.6. The molecular weight excluding hydrogens is 408 g/mol. The van der Waals surface area contributed by atoms with Gasteiger partial charge in [-0.05, 0) is 48.7 Å². The molecule has 0 bridgehead atoms. The lowest BCUT2D eigenvalue weighted by molar-refractivity contribution is -0.121. The standard InChI is InChI=1S/C21H19BrN2O3/c1-24-18(25)16-9-8-15(12-17(16)19(24)26)23-20(27)21(10-2-3-11-21)13-4-6-14(22)7-5-13/h4-9,12H,2-3,10-11H2,1H3,(H,23,27). The molecule has 2 aromatic rings. The summed E-state index contributed by atoms with van der Waals surface area (Å²) in [5.41, 5.74) is 1.70. The summed E-state index contributed by atoms with van der Waals surface area (Å²) in [5.74, 6) is -0.711. The molecule has 2 aliphatic rings. The van der Waals surface area contributed by atoms with Crippen LogP contribution in [0.15, 0.2) is 46.9 Å². The summed E-state index contributed by atoms with van der Waals surface area (Å²) >= 11 is 3.44. The highest BCUT2D eigenvalue weighted by Gasteiger charge is 2.43. The Bertz CT molecular complexity index is 946. The van der Waals surface area contributed by atoms with Gasteiger partial charge in [0.2, 0.25) is 5.91 Å². The minimum absolute atomic E-state index is 0.0626. The van der Waals surface area contributed by atoms with Gasteiger partial charge in [-0.2, -0.15) is 0 Å². The summed E-state index contributed by atoms with van der Waals surface area (Å²) in [6.45, 7) is 0. The Morgan fingerprint density at radius 1 is 1.00 bits per heavy atom. The predicted molar refractivity (Wildman–Crippen MR) is 106 cm³/mol. The number of fused-ring (bicyclic) bond motifs is 1. The molecule has 0 saturated heterocycles. The summed E-state index contributed by atoms with van der Waals surface area (Å²) < 4.78 is 0.978. The van der Waals surface area contributed by atoms with Gasteiger partial charge in [0.05, 0.1) is 16.5 Å². The number of nitrogens with zero attached hydrogens (tertiary/aromatic N) is 1. The molecule has 1 aliphatic heterocycles. The Kier molecular flexibility index (Phi) is 4.38. The number of imide groups is 1. The predicted octanol–water partition coefficient (Wildman–Crippen LogP) is 4.13. The smallest absolute Gasteiger partial charge is 0.261 e. The minimum Gasteiger partial charge on any atom is -0.325 e. The van der Waals surface area contributed by atoms with Crippen LogP contribution in [-0.4, -0.2) is 29.7 Å². The lowest BCUT2D eigenvalue weighted by atomic mass is 9.78. The molecule has 138 valence electrons. The second-order valence-corrected chi connectivity index (χ2v) is 8.10. The molecule has 1 heterocycles. The van der Waals surface area contributed by atoms with Gasteiger partial charge in [-0.3, -0.25) is 19.3 Å². The van der Waals surface area contributed by atoms with Gasteiger partial charge in [0, 0.05) is 17.2 Å². The maximum atomic E-state index is 13.2. The van der Waals surface area contributed by atoms with Crippen LogP contribution >= 0.6 is 15.9 Å². The monoisotopic (exact) mass is 426 g/mol. The third kappa shape index (κ3) is 2.88. The van der Waals surface area contributed by atoms with Gasteiger partial charge in [-0.1, -0.05) is 40.9 Å². The Labute approximate surface area is 165 Å². The van der Waals surface area contributed by atoms with Crippen LogP contribution < -0.4 is 5.32 Å². The number of carbonyl (C=O) groups excluding carboxylic acids is 3. The van der Waals surface area contributed by atoms with Crippen molar-refractivity contribution in [1.82, 2.24) is 4.90 Å². The number of hydrogen-bond donors (Lipinski definition) is 1. The third-order valence-electron chi connectivity index (χ3n) is 5.64. The molecule has 2 aromatic carbocycles. The van der Waals surface area contributed by atoms with Gasteiger partial charge in [-0.25, -0.2) is 0 Å². The fourth-order valence-corrected chi connectivity index (χ4v) is 4.35. The Hall–Kier alpha value is -2.47. The quantitative estimate of drug-likeness (QED) is 0.750. The van der Waals surface area contributed by atoms with E-state index in [9.17, 15) is 14.4 Å². The van der Waals surface area contributed by atoms with Crippen molar-refractivity contribution in [2.24, 2.45) is 0 Å². The average Bonchev–Trinajstić information content (AvgIpc) is 3.24. The van der Waals surface area contributed by atoms with Gasteiger partial charge in [0.25, 0.3) is 11.8 Å². The first-order valence-corrected chi connectivity index (χ1v) is 9.76. The van der Waals surface area contributed by atoms with Crippen LogP contribution in [0.25, 0.3) is 0 Å². The fourth-order valence-electron chi connectivity index (χ4n) is 4.08. The zero-order valence-electron chi connectivity index (χ0n) is 14.9. The molecule has 0 radical (unpaired) electrons. The normalized spacial score (nSPS) is 17.9. The van der Waals surface area contributed by atoms with Crippen molar-refractivity contribution < 1.29 is 14.4 Å². The molecule has 0 unspecified atom stereocenters. The zero-order chi connectivity index (χ0) is 19.2. The summed E-state index contributed by atoms with van der Waals surface area (Å²) in [6, 6.07) is 12.8.